The van der Waals surface area contributed by atoms with E-state index in [4.69, 9.17) is 4.74 Å². The normalized spacial score (nSPS) is 11.0. The Morgan fingerprint density at radius 2 is 1.89 bits per heavy atom. The molecule has 3 aromatic rings. The zero-order valence-electron chi connectivity index (χ0n) is 15.1. The number of ether oxygens (including phenoxy) is 1. The van der Waals surface area contributed by atoms with Crippen molar-refractivity contribution in [1.82, 2.24) is 15.2 Å². The largest absolute Gasteiger partial charge is 0.489 e. The summed E-state index contributed by atoms with van der Waals surface area (Å²) in [6.07, 6.45) is 2.54. The summed E-state index contributed by atoms with van der Waals surface area (Å²) in [5, 5.41) is 7.61. The first-order valence-corrected chi connectivity index (χ1v) is 8.59. The summed E-state index contributed by atoms with van der Waals surface area (Å²) in [6, 6.07) is 12.5. The van der Waals surface area contributed by atoms with Gasteiger partial charge in [-0.25, -0.2) is 14.5 Å². The van der Waals surface area contributed by atoms with Gasteiger partial charge < -0.3 is 4.74 Å². The summed E-state index contributed by atoms with van der Waals surface area (Å²) in [6.45, 7) is 2.46. The van der Waals surface area contributed by atoms with Gasteiger partial charge in [0, 0.05) is 12.1 Å². The summed E-state index contributed by atoms with van der Waals surface area (Å²) >= 11 is 0. The number of nitrogens with one attached hydrogen (secondary N) is 1. The number of carbonyl (C=O) groups excluding carboxylic acids is 1. The van der Waals surface area contributed by atoms with E-state index in [1.807, 2.05) is 0 Å². The second-order valence-corrected chi connectivity index (χ2v) is 5.85. The number of halogens is 2. The highest BCUT2D eigenvalue weighted by molar-refractivity contribution is 5.94. The van der Waals surface area contributed by atoms with Crippen LogP contribution in [-0.4, -0.2) is 21.9 Å². The van der Waals surface area contributed by atoms with Crippen molar-refractivity contribution in [2.24, 2.45) is 5.10 Å². The molecule has 6 nitrogen and oxygen atoms in total. The summed E-state index contributed by atoms with van der Waals surface area (Å²) in [7, 11) is 0. The summed E-state index contributed by atoms with van der Waals surface area (Å²) in [5.74, 6) is -0.708. The highest BCUT2D eigenvalue weighted by Crippen LogP contribution is 2.14. The Balaban J connectivity index is 1.53. The molecule has 0 fully saturated rings. The van der Waals surface area contributed by atoms with E-state index in [-0.39, 0.29) is 18.0 Å². The molecule has 0 unspecified atom stereocenters. The van der Waals surface area contributed by atoms with Crippen LogP contribution in [-0.2, 0) is 13.2 Å². The van der Waals surface area contributed by atoms with Crippen LogP contribution in [0.2, 0.25) is 0 Å². The minimum absolute atomic E-state index is 0.190. The predicted octanol–water partition coefficient (Wildman–Crippen LogP) is 3.52. The number of benzene rings is 2. The second-order valence-electron chi connectivity index (χ2n) is 5.85. The predicted molar refractivity (Wildman–Crippen MR) is 100 cm³/mol. The lowest BCUT2D eigenvalue weighted by atomic mass is 10.1. The highest BCUT2D eigenvalue weighted by Gasteiger charge is 2.08. The third-order valence-corrected chi connectivity index (χ3v) is 3.91. The molecule has 1 aromatic heterocycles. The van der Waals surface area contributed by atoms with Crippen LogP contribution in [0.15, 0.2) is 59.8 Å². The number of aryl methyl sites for hydroxylation is 1. The zero-order valence-corrected chi connectivity index (χ0v) is 15.1. The molecule has 28 heavy (non-hydrogen) atoms. The summed E-state index contributed by atoms with van der Waals surface area (Å²) in [5.41, 5.74) is 3.78. The van der Waals surface area contributed by atoms with Crippen LogP contribution in [0, 0.1) is 11.8 Å². The number of nitrogens with zero attached hydrogens (tertiary/aromatic N) is 3. The minimum atomic E-state index is -0.508. The Bertz CT molecular complexity index is 967. The lowest BCUT2D eigenvalue weighted by molar-refractivity contribution is 0.0955. The standard InChI is InChI=1S/C20H18F2N4O2/c1-2-26-19(22)16(12-24-26)11-23-25-20(27)15-5-3-14(4-6-15)13-28-18-9-7-17(21)8-10-18/h3-12H,2,13H2,1H3,(H,25,27)/b23-11+. The van der Waals surface area contributed by atoms with Gasteiger partial charge in [-0.1, -0.05) is 12.1 Å². The average Bonchev–Trinajstić information content (AvgIpc) is 3.07. The Hall–Kier alpha value is -3.55. The Morgan fingerprint density at radius 3 is 2.54 bits per heavy atom. The first-order chi connectivity index (χ1) is 13.6. The third-order valence-electron chi connectivity index (χ3n) is 3.91. The SMILES string of the molecule is CCn1ncc(/C=N/NC(=O)c2ccc(COc3ccc(F)cc3)cc2)c1F. The van der Waals surface area contributed by atoms with E-state index in [9.17, 15) is 13.6 Å². The van der Waals surface area contributed by atoms with E-state index in [2.05, 4.69) is 15.6 Å². The van der Waals surface area contributed by atoms with Crippen molar-refractivity contribution in [3.05, 3.63) is 83.2 Å². The van der Waals surface area contributed by atoms with E-state index < -0.39 is 11.9 Å². The van der Waals surface area contributed by atoms with Crippen molar-refractivity contribution in [1.29, 1.82) is 0 Å². The van der Waals surface area contributed by atoms with Gasteiger partial charge in [0.15, 0.2) is 0 Å². The van der Waals surface area contributed by atoms with Gasteiger partial charge in [0.1, 0.15) is 18.2 Å². The van der Waals surface area contributed by atoms with Crippen molar-refractivity contribution in [2.75, 3.05) is 0 Å². The van der Waals surface area contributed by atoms with Crippen molar-refractivity contribution < 1.29 is 18.3 Å². The Morgan fingerprint density at radius 1 is 1.18 bits per heavy atom. The van der Waals surface area contributed by atoms with Crippen molar-refractivity contribution in [2.45, 2.75) is 20.1 Å². The van der Waals surface area contributed by atoms with Crippen LogP contribution in [0.3, 0.4) is 0 Å². The highest BCUT2D eigenvalue weighted by atomic mass is 19.1. The molecule has 8 heteroatoms. The minimum Gasteiger partial charge on any atom is -0.489 e. The number of rotatable bonds is 7. The average molecular weight is 384 g/mol. The molecule has 0 atom stereocenters. The summed E-state index contributed by atoms with van der Waals surface area (Å²) < 4.78 is 33.4. The monoisotopic (exact) mass is 384 g/mol. The molecule has 1 amide bonds. The van der Waals surface area contributed by atoms with Gasteiger partial charge >= 0.3 is 0 Å². The number of amides is 1. The molecule has 0 bridgehead atoms. The molecule has 0 aliphatic rings. The number of hydrogen-bond acceptors (Lipinski definition) is 4. The molecule has 0 aliphatic heterocycles. The third kappa shape index (κ3) is 4.79. The lowest BCUT2D eigenvalue weighted by Crippen LogP contribution is -2.17. The van der Waals surface area contributed by atoms with Crippen LogP contribution in [0.1, 0.15) is 28.4 Å². The van der Waals surface area contributed by atoms with Crippen LogP contribution in [0.25, 0.3) is 0 Å². The smallest absolute Gasteiger partial charge is 0.271 e. The van der Waals surface area contributed by atoms with Crippen molar-refractivity contribution in [3.8, 4) is 5.75 Å². The molecule has 3 rings (SSSR count). The molecule has 144 valence electrons. The molecule has 0 saturated carbocycles. The van der Waals surface area contributed by atoms with Gasteiger partial charge in [-0.2, -0.15) is 14.6 Å². The molecule has 1 N–H and O–H groups in total. The first-order valence-electron chi connectivity index (χ1n) is 8.59. The number of hydrazone groups is 1. The molecule has 0 aliphatic carbocycles. The Labute approximate surface area is 160 Å². The maximum absolute atomic E-state index is 13.8. The molecule has 0 saturated heterocycles. The first kappa shape index (κ1) is 19.2. The zero-order chi connectivity index (χ0) is 19.9. The molecule has 0 spiro atoms. The van der Waals surface area contributed by atoms with Gasteiger partial charge in [-0.15, -0.1) is 0 Å². The fourth-order valence-corrected chi connectivity index (χ4v) is 2.37. The van der Waals surface area contributed by atoms with Crippen molar-refractivity contribution in [3.63, 3.8) is 0 Å². The molecular formula is C20H18F2N4O2. The quantitative estimate of drug-likeness (QED) is 0.501. The van der Waals surface area contributed by atoms with Gasteiger partial charge in [0.05, 0.1) is 18.0 Å². The van der Waals surface area contributed by atoms with E-state index in [1.54, 1.807) is 43.3 Å². The van der Waals surface area contributed by atoms with E-state index in [1.165, 1.54) is 29.2 Å². The van der Waals surface area contributed by atoms with Crippen LogP contribution >= 0.6 is 0 Å². The van der Waals surface area contributed by atoms with Gasteiger partial charge in [-0.05, 0) is 48.9 Å². The maximum atomic E-state index is 13.8. The lowest BCUT2D eigenvalue weighted by Gasteiger charge is -2.07. The number of carbonyl (C=O) groups is 1. The van der Waals surface area contributed by atoms with E-state index in [0.29, 0.717) is 17.9 Å². The number of hydrogen-bond donors (Lipinski definition) is 1. The molecule has 0 radical (unpaired) electrons. The molecule has 2 aromatic carbocycles. The fraction of sp³-hybridized carbons (Fsp3) is 0.150. The van der Waals surface area contributed by atoms with Crippen LogP contribution in [0.4, 0.5) is 8.78 Å². The van der Waals surface area contributed by atoms with E-state index >= 15 is 0 Å². The Kier molecular flexibility index (Phi) is 6.11. The van der Waals surface area contributed by atoms with Crippen LogP contribution < -0.4 is 10.2 Å². The summed E-state index contributed by atoms with van der Waals surface area (Å²) in [4.78, 5) is 12.1. The van der Waals surface area contributed by atoms with E-state index in [0.717, 1.165) is 5.56 Å². The van der Waals surface area contributed by atoms with Crippen molar-refractivity contribution >= 4 is 12.1 Å². The topological polar surface area (TPSA) is 68.5 Å². The number of aromatic nitrogens is 2. The molecular weight excluding hydrogens is 366 g/mol. The van der Waals surface area contributed by atoms with Gasteiger partial charge in [0.2, 0.25) is 5.95 Å². The fourth-order valence-electron chi connectivity index (χ4n) is 2.37. The second kappa shape index (κ2) is 8.90. The molecule has 1 heterocycles. The van der Waals surface area contributed by atoms with Crippen LogP contribution in [0.5, 0.6) is 5.75 Å². The van der Waals surface area contributed by atoms with Gasteiger partial charge in [-0.3, -0.25) is 4.79 Å². The van der Waals surface area contributed by atoms with Gasteiger partial charge in [0.25, 0.3) is 5.91 Å². The maximum Gasteiger partial charge on any atom is 0.271 e.